The van der Waals surface area contributed by atoms with E-state index in [-0.39, 0.29) is 0 Å². The SMILES string of the molecule is CCc1nc2c(C)cc(C)nc2n1Cc1ccc2c(c1)CCc1cc(C#N)ccc1N2. The summed E-state index contributed by atoms with van der Waals surface area (Å²) >= 11 is 0. The average molecular weight is 408 g/mol. The van der Waals surface area contributed by atoms with Gasteiger partial charge in [0, 0.05) is 23.5 Å². The van der Waals surface area contributed by atoms with Gasteiger partial charge in [-0.25, -0.2) is 9.97 Å². The summed E-state index contributed by atoms with van der Waals surface area (Å²) in [5, 5.41) is 12.8. The van der Waals surface area contributed by atoms with Gasteiger partial charge in [0.25, 0.3) is 0 Å². The lowest BCUT2D eigenvalue weighted by Crippen LogP contribution is -2.06. The summed E-state index contributed by atoms with van der Waals surface area (Å²) in [5.74, 6) is 1.07. The highest BCUT2D eigenvalue weighted by atomic mass is 15.1. The third-order valence-corrected chi connectivity index (χ3v) is 6.10. The Morgan fingerprint density at radius 3 is 2.48 bits per heavy atom. The normalized spacial score (nSPS) is 12.6. The van der Waals surface area contributed by atoms with Gasteiger partial charge >= 0.3 is 0 Å². The number of imidazole rings is 1. The second kappa shape index (κ2) is 7.55. The molecule has 2 aromatic heterocycles. The third-order valence-electron chi connectivity index (χ3n) is 6.10. The zero-order valence-corrected chi connectivity index (χ0v) is 18.2. The fourth-order valence-corrected chi connectivity index (χ4v) is 4.55. The molecule has 0 saturated carbocycles. The maximum absolute atomic E-state index is 9.21. The largest absolute Gasteiger partial charge is 0.355 e. The first-order valence-corrected chi connectivity index (χ1v) is 10.8. The molecule has 1 aliphatic rings. The van der Waals surface area contributed by atoms with Crippen LogP contribution in [0.5, 0.6) is 0 Å². The van der Waals surface area contributed by atoms with Crippen LogP contribution in [0.3, 0.4) is 0 Å². The van der Waals surface area contributed by atoms with Crippen molar-refractivity contribution < 1.29 is 0 Å². The number of rotatable bonds is 3. The second-order valence-electron chi connectivity index (χ2n) is 8.32. The molecular weight excluding hydrogens is 382 g/mol. The van der Waals surface area contributed by atoms with Crippen LogP contribution in [0.4, 0.5) is 11.4 Å². The van der Waals surface area contributed by atoms with Gasteiger partial charge in [-0.15, -0.1) is 0 Å². The van der Waals surface area contributed by atoms with E-state index in [1.165, 1.54) is 22.3 Å². The fourth-order valence-electron chi connectivity index (χ4n) is 4.55. The van der Waals surface area contributed by atoms with Gasteiger partial charge in [-0.2, -0.15) is 5.26 Å². The molecule has 4 aromatic rings. The molecule has 0 spiro atoms. The quantitative estimate of drug-likeness (QED) is 0.496. The Labute approximate surface area is 182 Å². The molecule has 1 aliphatic heterocycles. The van der Waals surface area contributed by atoms with Gasteiger partial charge in [0.2, 0.25) is 0 Å². The number of benzene rings is 2. The molecule has 0 amide bonds. The Bertz CT molecular complexity index is 1360. The minimum atomic E-state index is 0.712. The van der Waals surface area contributed by atoms with Crippen molar-refractivity contribution in [3.05, 3.63) is 81.8 Å². The second-order valence-corrected chi connectivity index (χ2v) is 8.32. The molecule has 5 heteroatoms. The van der Waals surface area contributed by atoms with Crippen molar-refractivity contribution in [3.63, 3.8) is 0 Å². The van der Waals surface area contributed by atoms with Gasteiger partial charge in [-0.3, -0.25) is 0 Å². The number of aromatic nitrogens is 3. The van der Waals surface area contributed by atoms with E-state index >= 15 is 0 Å². The first-order valence-electron chi connectivity index (χ1n) is 10.8. The van der Waals surface area contributed by atoms with E-state index in [2.05, 4.69) is 54.1 Å². The maximum atomic E-state index is 9.21. The Morgan fingerprint density at radius 2 is 1.74 bits per heavy atom. The molecule has 0 unspecified atom stereocenters. The summed E-state index contributed by atoms with van der Waals surface area (Å²) in [4.78, 5) is 9.68. The van der Waals surface area contributed by atoms with Gasteiger partial charge in [-0.05, 0) is 79.3 Å². The molecule has 0 aliphatic carbocycles. The number of fused-ring (bicyclic) bond motifs is 3. The molecule has 31 heavy (non-hydrogen) atoms. The highest BCUT2D eigenvalue weighted by Gasteiger charge is 2.16. The maximum Gasteiger partial charge on any atom is 0.160 e. The molecule has 3 heterocycles. The van der Waals surface area contributed by atoms with Crippen molar-refractivity contribution in [2.75, 3.05) is 5.32 Å². The molecule has 5 nitrogen and oxygen atoms in total. The highest BCUT2D eigenvalue weighted by molar-refractivity contribution is 5.76. The van der Waals surface area contributed by atoms with E-state index in [4.69, 9.17) is 9.97 Å². The van der Waals surface area contributed by atoms with Crippen LogP contribution in [0.25, 0.3) is 11.2 Å². The van der Waals surface area contributed by atoms with E-state index in [1.807, 2.05) is 25.1 Å². The van der Waals surface area contributed by atoms with Crippen LogP contribution in [0, 0.1) is 25.2 Å². The van der Waals surface area contributed by atoms with Gasteiger partial charge in [0.05, 0.1) is 18.2 Å². The third kappa shape index (κ3) is 3.44. The zero-order chi connectivity index (χ0) is 21.5. The molecule has 0 bridgehead atoms. The molecule has 0 radical (unpaired) electrons. The first kappa shape index (κ1) is 19.3. The Balaban J connectivity index is 1.50. The molecule has 0 atom stereocenters. The predicted octanol–water partition coefficient (Wildman–Crippen LogP) is 5.37. The number of aryl methyl sites for hydroxylation is 5. The van der Waals surface area contributed by atoms with E-state index in [0.717, 1.165) is 59.9 Å². The van der Waals surface area contributed by atoms with Crippen molar-refractivity contribution in [1.29, 1.82) is 5.26 Å². The molecule has 5 rings (SSSR count). The minimum Gasteiger partial charge on any atom is -0.355 e. The summed E-state index contributed by atoms with van der Waals surface area (Å²) in [6.07, 6.45) is 2.74. The summed E-state index contributed by atoms with van der Waals surface area (Å²) < 4.78 is 2.26. The molecule has 154 valence electrons. The van der Waals surface area contributed by atoms with E-state index in [1.54, 1.807) is 0 Å². The van der Waals surface area contributed by atoms with Crippen LogP contribution >= 0.6 is 0 Å². The topological polar surface area (TPSA) is 66.5 Å². The predicted molar refractivity (Wildman–Crippen MR) is 124 cm³/mol. The number of hydrogen-bond donors (Lipinski definition) is 1. The van der Waals surface area contributed by atoms with E-state index in [9.17, 15) is 5.26 Å². The van der Waals surface area contributed by atoms with Gasteiger partial charge in [0.15, 0.2) is 5.65 Å². The summed E-state index contributed by atoms with van der Waals surface area (Å²) in [6.45, 7) is 7.05. The van der Waals surface area contributed by atoms with Crippen LogP contribution < -0.4 is 5.32 Å². The lowest BCUT2D eigenvalue weighted by molar-refractivity contribution is 0.744. The number of nitrogens with zero attached hydrogens (tertiary/aromatic N) is 4. The zero-order valence-electron chi connectivity index (χ0n) is 18.2. The highest BCUT2D eigenvalue weighted by Crippen LogP contribution is 2.31. The summed E-state index contributed by atoms with van der Waals surface area (Å²) in [6, 6.07) is 16.9. The van der Waals surface area contributed by atoms with Crippen molar-refractivity contribution in [2.45, 2.75) is 46.6 Å². The van der Waals surface area contributed by atoms with Crippen LogP contribution in [0.1, 0.15) is 46.3 Å². The summed E-state index contributed by atoms with van der Waals surface area (Å²) in [7, 11) is 0. The van der Waals surface area contributed by atoms with E-state index < -0.39 is 0 Å². The first-order chi connectivity index (χ1) is 15.1. The number of anilines is 2. The Hall–Kier alpha value is -3.65. The summed E-state index contributed by atoms with van der Waals surface area (Å²) in [5.41, 5.74) is 10.9. The smallest absolute Gasteiger partial charge is 0.160 e. The van der Waals surface area contributed by atoms with Crippen molar-refractivity contribution in [3.8, 4) is 6.07 Å². The minimum absolute atomic E-state index is 0.712. The number of nitriles is 1. The van der Waals surface area contributed by atoms with Crippen LogP contribution in [0.15, 0.2) is 42.5 Å². The molecule has 1 N–H and O–H groups in total. The van der Waals surface area contributed by atoms with Crippen LogP contribution in [0.2, 0.25) is 0 Å². The fraction of sp³-hybridized carbons (Fsp3) is 0.269. The van der Waals surface area contributed by atoms with Gasteiger partial charge in [0.1, 0.15) is 11.3 Å². The lowest BCUT2D eigenvalue weighted by Gasteiger charge is -2.13. The molecule has 0 saturated heterocycles. The molecule has 2 aromatic carbocycles. The lowest BCUT2D eigenvalue weighted by atomic mass is 10.0. The number of nitrogens with one attached hydrogen (secondary N) is 1. The monoisotopic (exact) mass is 407 g/mol. The molecular formula is C26H25N5. The Morgan fingerprint density at radius 1 is 1.00 bits per heavy atom. The van der Waals surface area contributed by atoms with E-state index in [0.29, 0.717) is 5.56 Å². The van der Waals surface area contributed by atoms with Crippen molar-refractivity contribution in [1.82, 2.24) is 14.5 Å². The van der Waals surface area contributed by atoms with Gasteiger partial charge in [-0.1, -0.05) is 19.1 Å². The molecule has 0 fully saturated rings. The van der Waals surface area contributed by atoms with Gasteiger partial charge < -0.3 is 9.88 Å². The Kier molecular flexibility index (Phi) is 4.71. The van der Waals surface area contributed by atoms with Crippen molar-refractivity contribution >= 4 is 22.5 Å². The number of hydrogen-bond acceptors (Lipinski definition) is 4. The van der Waals surface area contributed by atoms with Crippen LogP contribution in [-0.4, -0.2) is 14.5 Å². The van der Waals surface area contributed by atoms with Crippen LogP contribution in [-0.2, 0) is 25.8 Å². The van der Waals surface area contributed by atoms with Crippen molar-refractivity contribution in [2.24, 2.45) is 0 Å². The standard InChI is InChI=1S/C26H25N5/c1-4-24-30-25-16(2)11-17(3)28-26(25)31(24)15-19-6-10-23-21(13-19)8-7-20-12-18(14-27)5-9-22(20)29-23/h5-6,9-13,29H,4,7-8,15H2,1-3H3. The number of pyridine rings is 1. The average Bonchev–Trinajstić information content (AvgIpc) is 3.00.